The molecule has 0 bridgehead atoms. The molecule has 0 N–H and O–H groups in total. The van der Waals surface area contributed by atoms with E-state index in [0.29, 0.717) is 13.0 Å². The van der Waals surface area contributed by atoms with Gasteiger partial charge >= 0.3 is 11.6 Å². The van der Waals surface area contributed by atoms with Crippen molar-refractivity contribution in [1.82, 2.24) is 4.90 Å². The lowest BCUT2D eigenvalue weighted by Gasteiger charge is -2.45. The second-order valence-electron chi connectivity index (χ2n) is 8.87. The summed E-state index contributed by atoms with van der Waals surface area (Å²) in [5, 5.41) is 0.127. The Hall–Kier alpha value is -1.83. The zero-order valence-corrected chi connectivity index (χ0v) is 19.0. The van der Waals surface area contributed by atoms with E-state index < -0.39 is 27.8 Å². The molecule has 0 saturated heterocycles. The highest BCUT2D eigenvalue weighted by Crippen LogP contribution is 2.25. The van der Waals surface area contributed by atoms with Crippen molar-refractivity contribution in [2.24, 2.45) is 0 Å². The second kappa shape index (κ2) is 8.71. The van der Waals surface area contributed by atoms with Gasteiger partial charge in [-0.25, -0.2) is 0 Å². The smallest absolute Gasteiger partial charge is 0.360 e. The quantitative estimate of drug-likeness (QED) is 0.224. The number of benzene rings is 1. The highest BCUT2D eigenvalue weighted by molar-refractivity contribution is 6.96. The zero-order chi connectivity index (χ0) is 20.1. The number of ketones is 1. The van der Waals surface area contributed by atoms with Gasteiger partial charge in [-0.2, -0.15) is 4.79 Å². The van der Waals surface area contributed by atoms with Gasteiger partial charge in [-0.3, -0.25) is 9.59 Å². The minimum atomic E-state index is -1.76. The van der Waals surface area contributed by atoms with Gasteiger partial charge in [-0.05, 0) is 12.0 Å². The monoisotopic (exact) mass is 389 g/mol. The molecule has 1 aromatic carbocycles. The van der Waals surface area contributed by atoms with Crippen molar-refractivity contribution in [3.05, 3.63) is 41.4 Å². The Morgan fingerprint density at radius 2 is 1.54 bits per heavy atom. The molecule has 0 unspecified atom stereocenters. The van der Waals surface area contributed by atoms with Gasteiger partial charge in [0.25, 0.3) is 0 Å². The summed E-state index contributed by atoms with van der Waals surface area (Å²) < 4.78 is 0. The number of amides is 1. The Morgan fingerprint density at radius 3 is 1.92 bits per heavy atom. The molecular weight excluding hydrogens is 358 g/mol. The van der Waals surface area contributed by atoms with E-state index in [-0.39, 0.29) is 11.0 Å². The van der Waals surface area contributed by atoms with Crippen molar-refractivity contribution in [3.63, 3.8) is 0 Å². The first kappa shape index (κ1) is 22.2. The summed E-state index contributed by atoms with van der Waals surface area (Å²) in [5.74, 6) is -0.960. The molecular formula is C19H31N3O2Si2. The molecule has 0 aliphatic heterocycles. The molecule has 0 atom stereocenters. The summed E-state index contributed by atoms with van der Waals surface area (Å²) >= 11 is 0. The predicted molar refractivity (Wildman–Crippen MR) is 112 cm³/mol. The Labute approximate surface area is 159 Å². The average molecular weight is 390 g/mol. The number of Topliss-reactive ketones (excluding diaryl/α,β-unsaturated/α-hetero) is 1. The maximum absolute atomic E-state index is 13.1. The van der Waals surface area contributed by atoms with Crippen LogP contribution in [0.1, 0.15) is 12.5 Å². The SMILES string of the molecule is CC(=O)C(=[N+]=[N-])C(=O)N(CCc1ccccc1)C([Si](C)(C)C)[Si](C)(C)C. The molecule has 1 rings (SSSR count). The van der Waals surface area contributed by atoms with Crippen LogP contribution in [-0.4, -0.2) is 55.1 Å². The molecule has 142 valence electrons. The Balaban J connectivity index is 3.33. The summed E-state index contributed by atoms with van der Waals surface area (Å²) in [7, 11) is -3.52. The minimum Gasteiger partial charge on any atom is -0.360 e. The van der Waals surface area contributed by atoms with E-state index in [4.69, 9.17) is 0 Å². The topological polar surface area (TPSA) is 73.8 Å². The number of hydrogen-bond acceptors (Lipinski definition) is 2. The third kappa shape index (κ3) is 5.86. The molecule has 7 heteroatoms. The van der Waals surface area contributed by atoms with Crippen molar-refractivity contribution >= 4 is 33.5 Å². The van der Waals surface area contributed by atoms with Gasteiger partial charge in [0.05, 0.1) is 16.1 Å². The van der Waals surface area contributed by atoms with Crippen molar-refractivity contribution in [3.8, 4) is 0 Å². The van der Waals surface area contributed by atoms with Gasteiger partial charge in [0.15, 0.2) is 0 Å². The van der Waals surface area contributed by atoms with Gasteiger partial charge in [0.1, 0.15) is 0 Å². The fourth-order valence-corrected chi connectivity index (χ4v) is 16.6. The van der Waals surface area contributed by atoms with Crippen molar-refractivity contribution in [1.29, 1.82) is 0 Å². The minimum absolute atomic E-state index is 0.127. The first-order valence-corrected chi connectivity index (χ1v) is 16.1. The molecule has 0 radical (unpaired) electrons. The predicted octanol–water partition coefficient (Wildman–Crippen LogP) is 3.44. The molecule has 0 aliphatic carbocycles. The van der Waals surface area contributed by atoms with Gasteiger partial charge in [-0.15, -0.1) is 0 Å². The second-order valence-corrected chi connectivity index (χ2v) is 20.0. The van der Waals surface area contributed by atoms with Crippen LogP contribution in [0.4, 0.5) is 0 Å². The van der Waals surface area contributed by atoms with Crippen molar-refractivity contribution in [2.45, 2.75) is 57.9 Å². The van der Waals surface area contributed by atoms with Crippen LogP contribution >= 0.6 is 0 Å². The Morgan fingerprint density at radius 1 is 1.04 bits per heavy atom. The average Bonchev–Trinajstić information content (AvgIpc) is 2.49. The molecule has 0 saturated carbocycles. The van der Waals surface area contributed by atoms with Gasteiger partial charge in [-0.1, -0.05) is 69.6 Å². The third-order valence-electron chi connectivity index (χ3n) is 4.33. The molecule has 0 aromatic heterocycles. The molecule has 1 amide bonds. The van der Waals surface area contributed by atoms with Crippen LogP contribution in [0.5, 0.6) is 0 Å². The molecule has 26 heavy (non-hydrogen) atoms. The highest BCUT2D eigenvalue weighted by atomic mass is 28.4. The van der Waals surface area contributed by atoms with Crippen molar-refractivity contribution < 1.29 is 14.4 Å². The van der Waals surface area contributed by atoms with Gasteiger partial charge < -0.3 is 10.4 Å². The van der Waals surface area contributed by atoms with Crippen LogP contribution in [-0.2, 0) is 16.0 Å². The molecule has 0 fully saturated rings. The van der Waals surface area contributed by atoms with Gasteiger partial charge in [0.2, 0.25) is 5.78 Å². The molecule has 1 aromatic rings. The number of carbonyl (C=O) groups excluding carboxylic acids is 2. The van der Waals surface area contributed by atoms with E-state index >= 15 is 0 Å². The van der Waals surface area contributed by atoms with Gasteiger partial charge in [0, 0.05) is 18.8 Å². The van der Waals surface area contributed by atoms with E-state index in [1.165, 1.54) is 6.92 Å². The van der Waals surface area contributed by atoms with E-state index in [9.17, 15) is 15.1 Å². The third-order valence-corrected chi connectivity index (χ3v) is 13.4. The van der Waals surface area contributed by atoms with E-state index in [1.54, 1.807) is 0 Å². The van der Waals surface area contributed by atoms with Crippen LogP contribution in [0.25, 0.3) is 5.53 Å². The Bertz CT molecular complexity index is 686. The normalized spacial score (nSPS) is 11.8. The van der Waals surface area contributed by atoms with Crippen LogP contribution in [0.15, 0.2) is 30.3 Å². The summed E-state index contributed by atoms with van der Waals surface area (Å²) in [4.78, 5) is 29.8. The number of nitrogens with zero attached hydrogens (tertiary/aromatic N) is 3. The lowest BCUT2D eigenvalue weighted by molar-refractivity contribution is -0.131. The number of carbonyl (C=O) groups is 2. The Kier molecular flexibility index (Phi) is 7.44. The van der Waals surface area contributed by atoms with Crippen molar-refractivity contribution in [2.75, 3.05) is 6.54 Å². The standard InChI is InChI=1S/C19H31N3O2Si2/c1-15(23)17(21-20)18(24)22(14-13-16-11-9-8-10-12-16)19(25(2,3)4)26(5,6)7/h8-12,19H,13-14H2,1-7H3. The molecule has 0 aliphatic rings. The fourth-order valence-electron chi connectivity index (χ4n) is 3.88. The summed E-state index contributed by atoms with van der Waals surface area (Å²) in [6.07, 6.45) is 0.703. The van der Waals surface area contributed by atoms with Crippen LogP contribution in [0.3, 0.4) is 0 Å². The summed E-state index contributed by atoms with van der Waals surface area (Å²) in [6.45, 7) is 15.3. The first-order chi connectivity index (χ1) is 11.9. The number of hydrogen-bond donors (Lipinski definition) is 0. The van der Waals surface area contributed by atoms with E-state index in [2.05, 4.69) is 44.1 Å². The van der Waals surface area contributed by atoms with E-state index in [0.717, 1.165) is 5.56 Å². The lowest BCUT2D eigenvalue weighted by Crippen LogP contribution is -2.66. The van der Waals surface area contributed by atoms with Crippen LogP contribution in [0, 0.1) is 0 Å². The maximum atomic E-state index is 13.1. The fraction of sp³-hybridized carbons (Fsp3) is 0.526. The zero-order valence-electron chi connectivity index (χ0n) is 17.0. The molecule has 5 nitrogen and oxygen atoms in total. The summed E-state index contributed by atoms with van der Waals surface area (Å²) in [5.41, 5.74) is 9.99. The number of rotatable bonds is 8. The summed E-state index contributed by atoms with van der Waals surface area (Å²) in [6, 6.07) is 9.99. The maximum Gasteiger partial charge on any atom is 0.421 e. The van der Waals surface area contributed by atoms with Crippen LogP contribution < -0.4 is 0 Å². The van der Waals surface area contributed by atoms with Crippen LogP contribution in [0.2, 0.25) is 39.3 Å². The molecule has 0 spiro atoms. The lowest BCUT2D eigenvalue weighted by atomic mass is 10.1. The highest BCUT2D eigenvalue weighted by Gasteiger charge is 2.46. The first-order valence-electron chi connectivity index (χ1n) is 8.97. The largest absolute Gasteiger partial charge is 0.421 e. The molecule has 0 heterocycles. The van der Waals surface area contributed by atoms with E-state index in [1.807, 2.05) is 35.2 Å².